The highest BCUT2D eigenvalue weighted by Crippen LogP contribution is 2.31. The molecule has 1 aromatic carbocycles. The molecule has 11 heteroatoms. The van der Waals surface area contributed by atoms with E-state index in [1.807, 2.05) is 30.3 Å². The Kier molecular flexibility index (Phi) is 4.89. The van der Waals surface area contributed by atoms with Crippen LogP contribution in [0.4, 0.5) is 13.9 Å². The predicted octanol–water partition coefficient (Wildman–Crippen LogP) is 3.42. The van der Waals surface area contributed by atoms with Crippen molar-refractivity contribution >= 4 is 28.0 Å². The summed E-state index contributed by atoms with van der Waals surface area (Å²) in [7, 11) is 0. The van der Waals surface area contributed by atoms with Gasteiger partial charge in [0, 0.05) is 17.9 Å². The first kappa shape index (κ1) is 18.9. The molecule has 0 saturated carbocycles. The fourth-order valence-electron chi connectivity index (χ4n) is 2.56. The minimum Gasteiger partial charge on any atom is -0.485 e. The van der Waals surface area contributed by atoms with Gasteiger partial charge in [-0.1, -0.05) is 30.3 Å². The van der Waals surface area contributed by atoms with Crippen LogP contribution in [-0.2, 0) is 11.4 Å². The van der Waals surface area contributed by atoms with Crippen molar-refractivity contribution in [3.63, 3.8) is 0 Å². The molecule has 0 aliphatic heterocycles. The van der Waals surface area contributed by atoms with Crippen molar-refractivity contribution in [1.82, 2.24) is 25.0 Å². The van der Waals surface area contributed by atoms with Gasteiger partial charge < -0.3 is 4.74 Å². The van der Waals surface area contributed by atoms with Gasteiger partial charge in [-0.3, -0.25) is 10.1 Å². The van der Waals surface area contributed by atoms with E-state index in [4.69, 9.17) is 4.74 Å². The summed E-state index contributed by atoms with van der Waals surface area (Å²) in [6.07, 6.45) is 0. The topological polar surface area (TPSA) is 94.3 Å². The van der Waals surface area contributed by atoms with E-state index in [0.29, 0.717) is 29.7 Å². The maximum absolute atomic E-state index is 13.0. The summed E-state index contributed by atoms with van der Waals surface area (Å²) >= 11 is 1.04. The summed E-state index contributed by atoms with van der Waals surface area (Å²) in [6, 6.07) is 13.0. The van der Waals surface area contributed by atoms with Crippen LogP contribution in [0, 0.1) is 0 Å². The summed E-state index contributed by atoms with van der Waals surface area (Å²) in [6.45, 7) is 0.600. The van der Waals surface area contributed by atoms with Crippen LogP contribution in [0.15, 0.2) is 47.8 Å². The zero-order valence-corrected chi connectivity index (χ0v) is 15.9. The number of fused-ring (bicyclic) bond motifs is 1. The number of thiazole rings is 1. The highest BCUT2D eigenvalue weighted by atomic mass is 32.1. The van der Waals surface area contributed by atoms with Crippen LogP contribution in [0.2, 0.25) is 0 Å². The number of hydrogen-bond donors (Lipinski definition) is 1. The quantitative estimate of drug-likeness (QED) is 0.518. The SMILES string of the molecule is CC(F)(F)C(=O)Nc1nc(COc2ccc3nnnn3c2-c2ccccc2)cs1. The summed E-state index contributed by atoms with van der Waals surface area (Å²) in [5.74, 6) is -4.36. The first-order valence-corrected chi connectivity index (χ1v) is 9.33. The van der Waals surface area contributed by atoms with Crippen molar-refractivity contribution in [2.45, 2.75) is 19.5 Å². The van der Waals surface area contributed by atoms with Crippen LogP contribution in [0.3, 0.4) is 0 Å². The lowest BCUT2D eigenvalue weighted by Crippen LogP contribution is -2.31. The first-order valence-electron chi connectivity index (χ1n) is 8.45. The lowest BCUT2D eigenvalue weighted by atomic mass is 10.1. The second-order valence-electron chi connectivity index (χ2n) is 6.14. The number of nitrogens with one attached hydrogen (secondary N) is 1. The van der Waals surface area contributed by atoms with Crippen molar-refractivity contribution in [3.05, 3.63) is 53.5 Å². The molecule has 1 amide bonds. The van der Waals surface area contributed by atoms with Gasteiger partial charge in [-0.05, 0) is 22.6 Å². The Morgan fingerprint density at radius 3 is 2.79 bits per heavy atom. The summed E-state index contributed by atoms with van der Waals surface area (Å²) in [4.78, 5) is 15.5. The van der Waals surface area contributed by atoms with Gasteiger partial charge >= 0.3 is 5.92 Å². The van der Waals surface area contributed by atoms with Gasteiger partial charge in [0.15, 0.2) is 10.8 Å². The minimum atomic E-state index is -3.48. The third kappa shape index (κ3) is 4.04. The molecule has 0 aliphatic carbocycles. The number of tetrazole rings is 1. The maximum Gasteiger partial charge on any atom is 0.322 e. The van der Waals surface area contributed by atoms with Gasteiger partial charge in [-0.15, -0.1) is 16.4 Å². The van der Waals surface area contributed by atoms with E-state index in [0.717, 1.165) is 16.9 Å². The predicted molar refractivity (Wildman–Crippen MR) is 102 cm³/mol. The number of carbonyl (C=O) groups is 1. The minimum absolute atomic E-state index is 0.0718. The zero-order chi connectivity index (χ0) is 20.4. The molecule has 0 unspecified atom stereocenters. The molecule has 3 aromatic heterocycles. The monoisotopic (exact) mass is 416 g/mol. The molecule has 0 fully saturated rings. The van der Waals surface area contributed by atoms with Crippen LogP contribution in [-0.4, -0.2) is 36.9 Å². The molecule has 0 bridgehead atoms. The number of aromatic nitrogens is 5. The molecule has 148 valence electrons. The number of ether oxygens (including phenoxy) is 1. The number of halogens is 2. The van der Waals surface area contributed by atoms with Crippen LogP contribution in [0.5, 0.6) is 5.75 Å². The number of pyridine rings is 1. The molecule has 1 N–H and O–H groups in total. The van der Waals surface area contributed by atoms with Gasteiger partial charge in [0.1, 0.15) is 18.1 Å². The smallest absolute Gasteiger partial charge is 0.322 e. The Morgan fingerprint density at radius 1 is 1.24 bits per heavy atom. The molecule has 0 atom stereocenters. The Bertz CT molecular complexity index is 1160. The number of rotatable bonds is 6. The van der Waals surface area contributed by atoms with Gasteiger partial charge in [-0.2, -0.15) is 13.3 Å². The summed E-state index contributed by atoms with van der Waals surface area (Å²) in [5, 5.41) is 15.5. The molecule has 0 aliphatic rings. The fourth-order valence-corrected chi connectivity index (χ4v) is 3.25. The van der Waals surface area contributed by atoms with E-state index in [2.05, 4.69) is 25.8 Å². The number of carbonyl (C=O) groups excluding carboxylic acids is 1. The van der Waals surface area contributed by atoms with Crippen LogP contribution >= 0.6 is 11.3 Å². The third-order valence-corrected chi connectivity index (χ3v) is 4.72. The molecular weight excluding hydrogens is 402 g/mol. The molecular formula is C18H14F2N6O2S. The Morgan fingerprint density at radius 2 is 2.03 bits per heavy atom. The van der Waals surface area contributed by atoms with Gasteiger partial charge in [0.05, 0.1) is 5.69 Å². The molecule has 8 nitrogen and oxygen atoms in total. The van der Waals surface area contributed by atoms with Crippen molar-refractivity contribution in [3.8, 4) is 17.0 Å². The van der Waals surface area contributed by atoms with E-state index in [-0.39, 0.29) is 11.7 Å². The van der Waals surface area contributed by atoms with E-state index in [1.165, 1.54) is 0 Å². The zero-order valence-electron chi connectivity index (χ0n) is 15.0. The maximum atomic E-state index is 13.0. The number of alkyl halides is 2. The van der Waals surface area contributed by atoms with Crippen molar-refractivity contribution in [1.29, 1.82) is 0 Å². The van der Waals surface area contributed by atoms with Crippen molar-refractivity contribution in [2.75, 3.05) is 5.32 Å². The molecule has 0 saturated heterocycles. The second kappa shape index (κ2) is 7.51. The normalized spacial score (nSPS) is 11.6. The molecule has 29 heavy (non-hydrogen) atoms. The average Bonchev–Trinajstić information content (AvgIpc) is 3.35. The first-order chi connectivity index (χ1) is 13.9. The van der Waals surface area contributed by atoms with Crippen LogP contribution < -0.4 is 10.1 Å². The standard InChI is InChI=1S/C18H14F2N6O2S/c1-18(19,20)16(27)22-17-21-12(10-29-17)9-28-13-7-8-14-23-24-25-26(14)15(13)11-5-3-2-4-6-11/h2-8,10H,9H2,1H3,(H,21,22,27). The molecule has 4 aromatic rings. The lowest BCUT2D eigenvalue weighted by molar-refractivity contribution is -0.137. The van der Waals surface area contributed by atoms with E-state index in [9.17, 15) is 13.6 Å². The number of benzene rings is 1. The molecule has 0 spiro atoms. The number of anilines is 1. The highest BCUT2D eigenvalue weighted by Gasteiger charge is 2.32. The Hall–Kier alpha value is -3.47. The van der Waals surface area contributed by atoms with Gasteiger partial charge in [0.25, 0.3) is 5.91 Å². The Labute approximate surface area is 167 Å². The second-order valence-corrected chi connectivity index (χ2v) is 6.99. The van der Waals surface area contributed by atoms with Crippen LogP contribution in [0.1, 0.15) is 12.6 Å². The molecule has 4 rings (SSSR count). The largest absolute Gasteiger partial charge is 0.485 e. The van der Waals surface area contributed by atoms with Crippen molar-refractivity contribution in [2.24, 2.45) is 0 Å². The molecule has 3 heterocycles. The van der Waals surface area contributed by atoms with E-state index >= 15 is 0 Å². The number of hydrogen-bond acceptors (Lipinski definition) is 7. The summed E-state index contributed by atoms with van der Waals surface area (Å²) < 4.78 is 33.5. The highest BCUT2D eigenvalue weighted by molar-refractivity contribution is 7.13. The van der Waals surface area contributed by atoms with Gasteiger partial charge in [-0.25, -0.2) is 4.98 Å². The van der Waals surface area contributed by atoms with Crippen molar-refractivity contribution < 1.29 is 18.3 Å². The van der Waals surface area contributed by atoms with Crippen LogP contribution in [0.25, 0.3) is 16.9 Å². The van der Waals surface area contributed by atoms with E-state index in [1.54, 1.807) is 22.0 Å². The Balaban J connectivity index is 1.56. The fraction of sp³-hybridized carbons (Fsp3) is 0.167. The number of nitrogens with zero attached hydrogens (tertiary/aromatic N) is 5. The lowest BCUT2D eigenvalue weighted by Gasteiger charge is -2.12. The summed E-state index contributed by atoms with van der Waals surface area (Å²) in [5.41, 5.74) is 2.58. The number of amides is 1. The third-order valence-electron chi connectivity index (χ3n) is 3.92. The average molecular weight is 416 g/mol. The van der Waals surface area contributed by atoms with Gasteiger partial charge in [0.2, 0.25) is 0 Å². The van der Waals surface area contributed by atoms with E-state index < -0.39 is 11.8 Å². The molecule has 0 radical (unpaired) electrons.